The zero-order valence-corrected chi connectivity index (χ0v) is 13.0. The van der Waals surface area contributed by atoms with E-state index >= 15 is 0 Å². The van der Waals surface area contributed by atoms with Gasteiger partial charge in [0.05, 0.1) is 23.4 Å². The maximum atomic E-state index is 11.9. The predicted octanol–water partition coefficient (Wildman–Crippen LogP) is 1.46. The van der Waals surface area contributed by atoms with Crippen LogP contribution in [-0.4, -0.2) is 40.7 Å². The van der Waals surface area contributed by atoms with Crippen LogP contribution in [0.25, 0.3) is 0 Å². The molecule has 0 spiro atoms. The maximum absolute atomic E-state index is 11.9. The molecule has 6 nitrogen and oxygen atoms in total. The lowest BCUT2D eigenvalue weighted by Gasteiger charge is -2.15. The number of imidazole rings is 1. The molecule has 8 heteroatoms. The monoisotopic (exact) mass is 325 g/mol. The van der Waals surface area contributed by atoms with Gasteiger partial charge in [0.2, 0.25) is 5.91 Å². The van der Waals surface area contributed by atoms with Gasteiger partial charge in [0.1, 0.15) is 6.04 Å². The number of methoxy groups -OCH3 is 1. The van der Waals surface area contributed by atoms with Gasteiger partial charge in [0.25, 0.3) is 0 Å². The summed E-state index contributed by atoms with van der Waals surface area (Å²) in [6.45, 7) is 0. The first-order chi connectivity index (χ1) is 10.2. The molecule has 2 heterocycles. The first-order valence-electron chi connectivity index (χ1n) is 6.20. The van der Waals surface area contributed by atoms with Crippen molar-refractivity contribution in [1.29, 1.82) is 0 Å². The van der Waals surface area contributed by atoms with Crippen LogP contribution in [0.15, 0.2) is 34.2 Å². The minimum atomic E-state index is -0.716. The molecule has 0 aliphatic rings. The van der Waals surface area contributed by atoms with Crippen molar-refractivity contribution in [2.24, 2.45) is 0 Å². The van der Waals surface area contributed by atoms with Gasteiger partial charge in [-0.05, 0) is 11.4 Å². The second-order valence-corrected chi connectivity index (χ2v) is 6.37. The number of hydrogen-bond acceptors (Lipinski definition) is 6. The fourth-order valence-corrected chi connectivity index (χ4v) is 3.27. The Bertz CT molecular complexity index is 570. The number of H-pyrrole nitrogens is 1. The normalized spacial score (nSPS) is 11.9. The van der Waals surface area contributed by atoms with E-state index in [1.807, 2.05) is 17.5 Å². The van der Waals surface area contributed by atoms with E-state index in [9.17, 15) is 9.59 Å². The molecule has 2 rings (SSSR count). The predicted molar refractivity (Wildman–Crippen MR) is 81.3 cm³/mol. The van der Waals surface area contributed by atoms with Crippen molar-refractivity contribution in [1.82, 2.24) is 15.3 Å². The van der Waals surface area contributed by atoms with E-state index in [0.29, 0.717) is 6.42 Å². The average Bonchev–Trinajstić information content (AvgIpc) is 3.16. The lowest BCUT2D eigenvalue weighted by atomic mass is 10.1. The lowest BCUT2D eigenvalue weighted by Crippen LogP contribution is -2.43. The van der Waals surface area contributed by atoms with Gasteiger partial charge in [-0.15, -0.1) is 23.1 Å². The molecule has 0 aromatic carbocycles. The molecule has 0 radical (unpaired) electrons. The summed E-state index contributed by atoms with van der Waals surface area (Å²) in [5, 5.41) is 4.65. The van der Waals surface area contributed by atoms with Gasteiger partial charge < -0.3 is 15.0 Å². The SMILES string of the molecule is COC(=O)[C@H](Cc1cnc[nH]1)NC(=O)CSc1cccs1. The number of esters is 1. The van der Waals surface area contributed by atoms with Gasteiger partial charge in [-0.3, -0.25) is 4.79 Å². The Labute approximate surface area is 130 Å². The summed E-state index contributed by atoms with van der Waals surface area (Å²) in [5.41, 5.74) is 0.761. The molecule has 0 fully saturated rings. The first-order valence-corrected chi connectivity index (χ1v) is 8.06. The van der Waals surface area contributed by atoms with E-state index in [4.69, 9.17) is 4.74 Å². The van der Waals surface area contributed by atoms with Gasteiger partial charge in [-0.2, -0.15) is 0 Å². The van der Waals surface area contributed by atoms with Crippen LogP contribution >= 0.6 is 23.1 Å². The highest BCUT2D eigenvalue weighted by atomic mass is 32.2. The molecule has 2 aromatic heterocycles. The van der Waals surface area contributed by atoms with Gasteiger partial charge >= 0.3 is 5.97 Å². The quantitative estimate of drug-likeness (QED) is 0.595. The van der Waals surface area contributed by atoms with E-state index in [1.54, 1.807) is 17.5 Å². The zero-order chi connectivity index (χ0) is 15.1. The van der Waals surface area contributed by atoms with Crippen LogP contribution in [0.2, 0.25) is 0 Å². The highest BCUT2D eigenvalue weighted by Crippen LogP contribution is 2.22. The summed E-state index contributed by atoms with van der Waals surface area (Å²) >= 11 is 3.02. The Balaban J connectivity index is 1.88. The number of rotatable bonds is 7. The number of amides is 1. The number of aromatic amines is 1. The van der Waals surface area contributed by atoms with Crippen molar-refractivity contribution in [2.45, 2.75) is 16.7 Å². The Kier molecular flexibility index (Phi) is 5.82. The second kappa shape index (κ2) is 7.84. The van der Waals surface area contributed by atoms with Crippen molar-refractivity contribution in [3.63, 3.8) is 0 Å². The van der Waals surface area contributed by atoms with E-state index < -0.39 is 12.0 Å². The summed E-state index contributed by atoms with van der Waals surface area (Å²) in [7, 11) is 1.30. The standard InChI is InChI=1S/C13H15N3O3S2/c1-19-13(18)10(5-9-6-14-8-15-9)16-11(17)7-21-12-3-2-4-20-12/h2-4,6,8,10H,5,7H2,1H3,(H,14,15)(H,16,17)/t10-/m0/s1. The number of thiophene rings is 1. The molecule has 112 valence electrons. The van der Waals surface area contributed by atoms with Crippen LogP contribution in [0.3, 0.4) is 0 Å². The van der Waals surface area contributed by atoms with Crippen molar-refractivity contribution in [3.05, 3.63) is 35.7 Å². The van der Waals surface area contributed by atoms with E-state index in [2.05, 4.69) is 15.3 Å². The fraction of sp³-hybridized carbons (Fsp3) is 0.308. The fourth-order valence-electron chi connectivity index (χ4n) is 1.67. The molecule has 0 bridgehead atoms. The van der Waals surface area contributed by atoms with E-state index in [0.717, 1.165) is 9.90 Å². The number of ether oxygens (including phenoxy) is 1. The summed E-state index contributed by atoms with van der Waals surface area (Å²) in [4.78, 5) is 30.5. The molecule has 0 aliphatic carbocycles. The van der Waals surface area contributed by atoms with Gasteiger partial charge in [-0.1, -0.05) is 6.07 Å². The van der Waals surface area contributed by atoms with Crippen LogP contribution in [-0.2, 0) is 20.7 Å². The topological polar surface area (TPSA) is 84.1 Å². The smallest absolute Gasteiger partial charge is 0.328 e. The second-order valence-electron chi connectivity index (χ2n) is 4.14. The van der Waals surface area contributed by atoms with Crippen LogP contribution in [0, 0.1) is 0 Å². The third-order valence-electron chi connectivity index (χ3n) is 2.64. The van der Waals surface area contributed by atoms with Crippen LogP contribution in [0.4, 0.5) is 0 Å². The zero-order valence-electron chi connectivity index (χ0n) is 11.4. The van der Waals surface area contributed by atoms with Crippen LogP contribution in [0.5, 0.6) is 0 Å². The molecule has 2 N–H and O–H groups in total. The molecule has 0 saturated carbocycles. The third-order valence-corrected chi connectivity index (χ3v) is 4.77. The minimum absolute atomic E-state index is 0.205. The number of thioether (sulfide) groups is 1. The van der Waals surface area contributed by atoms with E-state index in [-0.39, 0.29) is 11.7 Å². The van der Waals surface area contributed by atoms with Crippen molar-refractivity contribution in [2.75, 3.05) is 12.9 Å². The summed E-state index contributed by atoms with van der Waals surface area (Å²) in [6, 6.07) is 3.16. The Morgan fingerprint density at radius 2 is 2.43 bits per heavy atom. The van der Waals surface area contributed by atoms with Gasteiger partial charge in [0.15, 0.2) is 0 Å². The number of nitrogens with one attached hydrogen (secondary N) is 2. The van der Waals surface area contributed by atoms with E-state index in [1.165, 1.54) is 25.2 Å². The molecule has 0 saturated heterocycles. The number of carbonyl (C=O) groups is 2. The molecule has 0 aliphatic heterocycles. The number of aromatic nitrogens is 2. The molecule has 0 unspecified atom stereocenters. The highest BCUT2D eigenvalue weighted by molar-refractivity contribution is 8.01. The third kappa shape index (κ3) is 4.91. The summed E-state index contributed by atoms with van der Waals surface area (Å²) < 4.78 is 5.78. The molecular weight excluding hydrogens is 310 g/mol. The van der Waals surface area contributed by atoms with Crippen molar-refractivity contribution < 1.29 is 14.3 Å². The summed E-state index contributed by atoms with van der Waals surface area (Å²) in [6.07, 6.45) is 3.46. The molecule has 1 amide bonds. The Hall–Kier alpha value is -1.80. The Morgan fingerprint density at radius 1 is 1.57 bits per heavy atom. The van der Waals surface area contributed by atoms with Crippen molar-refractivity contribution >= 4 is 35.0 Å². The van der Waals surface area contributed by atoms with Crippen LogP contribution < -0.4 is 5.32 Å². The molecule has 1 atom stereocenters. The van der Waals surface area contributed by atoms with Crippen LogP contribution in [0.1, 0.15) is 5.69 Å². The van der Waals surface area contributed by atoms with Gasteiger partial charge in [-0.25, -0.2) is 9.78 Å². The Morgan fingerprint density at radius 3 is 3.05 bits per heavy atom. The average molecular weight is 325 g/mol. The lowest BCUT2D eigenvalue weighted by molar-refractivity contribution is -0.144. The summed E-state index contributed by atoms with van der Waals surface area (Å²) in [5.74, 6) is -0.417. The van der Waals surface area contributed by atoms with Crippen molar-refractivity contribution in [3.8, 4) is 0 Å². The minimum Gasteiger partial charge on any atom is -0.467 e. The number of carbonyl (C=O) groups excluding carboxylic acids is 2. The number of nitrogens with zero attached hydrogens (tertiary/aromatic N) is 1. The maximum Gasteiger partial charge on any atom is 0.328 e. The molecular formula is C13H15N3O3S2. The van der Waals surface area contributed by atoms with Gasteiger partial charge in [0, 0.05) is 18.3 Å². The molecule has 21 heavy (non-hydrogen) atoms. The molecule has 2 aromatic rings. The number of hydrogen-bond donors (Lipinski definition) is 2. The first kappa shape index (κ1) is 15.6. The highest BCUT2D eigenvalue weighted by Gasteiger charge is 2.22. The largest absolute Gasteiger partial charge is 0.467 e.